The van der Waals surface area contributed by atoms with Crippen LogP contribution in [0.4, 0.5) is 16.0 Å². The van der Waals surface area contributed by atoms with Crippen LogP contribution in [-0.2, 0) is 10.0 Å². The van der Waals surface area contributed by atoms with Gasteiger partial charge in [-0.25, -0.2) is 12.8 Å². The van der Waals surface area contributed by atoms with Crippen LogP contribution in [0.25, 0.3) is 0 Å². The Morgan fingerprint density at radius 2 is 1.83 bits per heavy atom. The number of nitrogens with one attached hydrogen (secondary N) is 2. The second-order valence-electron chi connectivity index (χ2n) is 5.27. The Morgan fingerprint density at radius 3 is 2.39 bits per heavy atom. The Bertz CT molecular complexity index is 779. The predicted molar refractivity (Wildman–Crippen MR) is 87.4 cm³/mol. The Labute approximate surface area is 135 Å². The second-order valence-corrected chi connectivity index (χ2v) is 6.96. The Hall–Kier alpha value is -2.22. The third-order valence-corrected chi connectivity index (χ3v) is 4.70. The van der Waals surface area contributed by atoms with Crippen molar-refractivity contribution in [1.29, 1.82) is 0 Å². The Balaban J connectivity index is 2.15. The van der Waals surface area contributed by atoms with Gasteiger partial charge in [0, 0.05) is 6.04 Å². The van der Waals surface area contributed by atoms with E-state index in [0.29, 0.717) is 5.82 Å². The number of aryl methyl sites for hydroxylation is 1. The summed E-state index contributed by atoms with van der Waals surface area (Å²) in [6.07, 6.45) is 0.931. The molecular formula is C15H19FN4O2S. The van der Waals surface area contributed by atoms with Crippen LogP contribution >= 0.6 is 0 Å². The van der Waals surface area contributed by atoms with E-state index in [0.717, 1.165) is 12.5 Å². The van der Waals surface area contributed by atoms with Gasteiger partial charge in [-0.3, -0.25) is 4.72 Å². The van der Waals surface area contributed by atoms with Gasteiger partial charge in [0.25, 0.3) is 10.0 Å². The fourth-order valence-corrected chi connectivity index (χ4v) is 2.88. The normalized spacial score (nSPS) is 12.7. The molecule has 0 saturated heterocycles. The fourth-order valence-electron chi connectivity index (χ4n) is 1.80. The number of aromatic nitrogens is 2. The Morgan fingerprint density at radius 1 is 1.17 bits per heavy atom. The van der Waals surface area contributed by atoms with Gasteiger partial charge in [-0.2, -0.15) is 0 Å². The van der Waals surface area contributed by atoms with Crippen molar-refractivity contribution < 1.29 is 12.8 Å². The van der Waals surface area contributed by atoms with Gasteiger partial charge in [0.1, 0.15) is 11.6 Å². The summed E-state index contributed by atoms with van der Waals surface area (Å²) in [7, 11) is -3.83. The van der Waals surface area contributed by atoms with Crippen molar-refractivity contribution in [2.45, 2.75) is 38.1 Å². The molecule has 0 amide bonds. The second kappa shape index (κ2) is 6.91. The van der Waals surface area contributed by atoms with Gasteiger partial charge in [-0.1, -0.05) is 6.92 Å². The lowest BCUT2D eigenvalue weighted by Crippen LogP contribution is -2.17. The molecular weight excluding hydrogens is 319 g/mol. The molecule has 124 valence electrons. The SMILES string of the molecule is CCC(C)Nc1ccc(NS(=O)(=O)c2ccc(F)c(C)c2)nn1. The molecule has 0 radical (unpaired) electrons. The number of halogens is 1. The molecule has 6 nitrogen and oxygen atoms in total. The summed E-state index contributed by atoms with van der Waals surface area (Å²) in [4.78, 5) is -0.0278. The maximum atomic E-state index is 13.2. The lowest BCUT2D eigenvalue weighted by atomic mass is 10.2. The van der Waals surface area contributed by atoms with E-state index >= 15 is 0 Å². The third-order valence-electron chi connectivity index (χ3n) is 3.35. The van der Waals surface area contributed by atoms with Gasteiger partial charge in [0.05, 0.1) is 4.90 Å². The first-order valence-electron chi connectivity index (χ1n) is 7.21. The van der Waals surface area contributed by atoms with Crippen molar-refractivity contribution >= 4 is 21.7 Å². The summed E-state index contributed by atoms with van der Waals surface area (Å²) < 4.78 is 40.1. The van der Waals surface area contributed by atoms with Crippen molar-refractivity contribution in [2.24, 2.45) is 0 Å². The van der Waals surface area contributed by atoms with Crippen LogP contribution in [0.2, 0.25) is 0 Å². The number of sulfonamides is 1. The van der Waals surface area contributed by atoms with E-state index in [1.54, 1.807) is 6.07 Å². The lowest BCUT2D eigenvalue weighted by molar-refractivity contribution is 0.598. The van der Waals surface area contributed by atoms with Gasteiger partial charge in [0.2, 0.25) is 0 Å². The number of hydrogen-bond acceptors (Lipinski definition) is 5. The van der Waals surface area contributed by atoms with Crippen molar-refractivity contribution in [3.63, 3.8) is 0 Å². The molecule has 0 aliphatic carbocycles. The number of rotatable bonds is 6. The minimum absolute atomic E-state index is 0.0278. The molecule has 0 aliphatic heterocycles. The van der Waals surface area contributed by atoms with Gasteiger partial charge in [-0.15, -0.1) is 10.2 Å². The fraction of sp³-hybridized carbons (Fsp3) is 0.333. The lowest BCUT2D eigenvalue weighted by Gasteiger charge is -2.12. The van der Waals surface area contributed by atoms with Crippen LogP contribution < -0.4 is 10.0 Å². The zero-order chi connectivity index (χ0) is 17.0. The summed E-state index contributed by atoms with van der Waals surface area (Å²) in [5, 5.41) is 10.9. The highest BCUT2D eigenvalue weighted by Gasteiger charge is 2.16. The van der Waals surface area contributed by atoms with E-state index < -0.39 is 15.8 Å². The molecule has 1 aromatic heterocycles. The average Bonchev–Trinajstić information content (AvgIpc) is 2.51. The number of nitrogens with zero attached hydrogens (tertiary/aromatic N) is 2. The van der Waals surface area contributed by atoms with Crippen molar-refractivity contribution in [1.82, 2.24) is 10.2 Å². The molecule has 0 bridgehead atoms. The highest BCUT2D eigenvalue weighted by molar-refractivity contribution is 7.92. The van der Waals surface area contributed by atoms with Crippen LogP contribution in [-0.4, -0.2) is 24.7 Å². The molecule has 1 aromatic carbocycles. The monoisotopic (exact) mass is 338 g/mol. The van der Waals surface area contributed by atoms with E-state index in [1.807, 2.05) is 13.8 Å². The van der Waals surface area contributed by atoms with Gasteiger partial charge in [0.15, 0.2) is 5.82 Å². The van der Waals surface area contributed by atoms with Crippen molar-refractivity contribution in [2.75, 3.05) is 10.0 Å². The van der Waals surface area contributed by atoms with E-state index in [-0.39, 0.29) is 22.3 Å². The van der Waals surface area contributed by atoms with E-state index in [4.69, 9.17) is 0 Å². The largest absolute Gasteiger partial charge is 0.366 e. The minimum atomic E-state index is -3.83. The molecule has 0 saturated carbocycles. The van der Waals surface area contributed by atoms with E-state index in [9.17, 15) is 12.8 Å². The van der Waals surface area contributed by atoms with Gasteiger partial charge in [-0.05, 0) is 56.2 Å². The molecule has 1 atom stereocenters. The highest BCUT2D eigenvalue weighted by atomic mass is 32.2. The molecule has 1 unspecified atom stereocenters. The molecule has 2 N–H and O–H groups in total. The first kappa shape index (κ1) is 17.1. The van der Waals surface area contributed by atoms with Crippen LogP contribution in [0, 0.1) is 12.7 Å². The first-order valence-corrected chi connectivity index (χ1v) is 8.69. The topological polar surface area (TPSA) is 84.0 Å². The first-order chi connectivity index (χ1) is 10.8. The smallest absolute Gasteiger partial charge is 0.263 e. The molecule has 2 rings (SSSR count). The van der Waals surface area contributed by atoms with Crippen LogP contribution in [0.5, 0.6) is 0 Å². The van der Waals surface area contributed by atoms with Crippen molar-refractivity contribution in [3.8, 4) is 0 Å². The van der Waals surface area contributed by atoms with E-state index in [1.165, 1.54) is 25.1 Å². The number of benzene rings is 1. The maximum Gasteiger partial charge on any atom is 0.263 e. The summed E-state index contributed by atoms with van der Waals surface area (Å²) in [5.74, 6) is 0.214. The molecule has 23 heavy (non-hydrogen) atoms. The van der Waals surface area contributed by atoms with Crippen LogP contribution in [0.15, 0.2) is 35.2 Å². The van der Waals surface area contributed by atoms with Gasteiger partial charge < -0.3 is 5.32 Å². The summed E-state index contributed by atoms with van der Waals surface area (Å²) >= 11 is 0. The maximum absolute atomic E-state index is 13.2. The summed E-state index contributed by atoms with van der Waals surface area (Å²) in [5.41, 5.74) is 0.257. The van der Waals surface area contributed by atoms with E-state index in [2.05, 4.69) is 20.2 Å². The number of hydrogen-bond donors (Lipinski definition) is 2. The highest BCUT2D eigenvalue weighted by Crippen LogP contribution is 2.17. The zero-order valence-corrected chi connectivity index (χ0v) is 14.0. The average molecular weight is 338 g/mol. The molecule has 0 spiro atoms. The van der Waals surface area contributed by atoms with Crippen LogP contribution in [0.3, 0.4) is 0 Å². The summed E-state index contributed by atoms with van der Waals surface area (Å²) in [6, 6.07) is 7.00. The molecule has 2 aromatic rings. The molecule has 8 heteroatoms. The Kier molecular flexibility index (Phi) is 5.15. The summed E-state index contributed by atoms with van der Waals surface area (Å²) in [6.45, 7) is 5.55. The third kappa shape index (κ3) is 4.38. The zero-order valence-electron chi connectivity index (χ0n) is 13.2. The standard InChI is InChI=1S/C15H19FN4O2S/c1-4-11(3)17-14-7-8-15(19-18-14)20-23(21,22)12-5-6-13(16)10(2)9-12/h5-9,11H,4H2,1-3H3,(H,17,18)(H,19,20). The number of anilines is 2. The molecule has 0 aliphatic rings. The van der Waals surface area contributed by atoms with Crippen LogP contribution in [0.1, 0.15) is 25.8 Å². The predicted octanol–water partition coefficient (Wildman–Crippen LogP) is 2.94. The molecule has 0 fully saturated rings. The quantitative estimate of drug-likeness (QED) is 0.846. The minimum Gasteiger partial charge on any atom is -0.366 e. The van der Waals surface area contributed by atoms with Crippen molar-refractivity contribution in [3.05, 3.63) is 41.7 Å². The van der Waals surface area contributed by atoms with Gasteiger partial charge >= 0.3 is 0 Å². The molecule has 1 heterocycles.